The quantitative estimate of drug-likeness (QED) is 0.755. The number of aromatic nitrogens is 3. The predicted octanol–water partition coefficient (Wildman–Crippen LogP) is 2.48. The Balaban J connectivity index is 1.71. The summed E-state index contributed by atoms with van der Waals surface area (Å²) in [4.78, 5) is 8.74. The number of nitrogens with zero attached hydrogens (tertiary/aromatic N) is 3. The highest BCUT2D eigenvalue weighted by Crippen LogP contribution is 2.20. The second kappa shape index (κ2) is 6.30. The van der Waals surface area contributed by atoms with Crippen molar-refractivity contribution in [3.05, 3.63) is 65.0 Å². The van der Waals surface area contributed by atoms with Gasteiger partial charge in [-0.3, -0.25) is 4.40 Å². The van der Waals surface area contributed by atoms with Gasteiger partial charge in [0.05, 0.1) is 17.5 Å². The Morgan fingerprint density at radius 1 is 1.25 bits per heavy atom. The molecule has 0 bridgehead atoms. The van der Waals surface area contributed by atoms with Crippen LogP contribution in [0.2, 0.25) is 0 Å². The van der Waals surface area contributed by atoms with E-state index in [1.165, 1.54) is 12.1 Å². The minimum Gasteiger partial charge on any atom is -0.384 e. The number of hydrogen-bond donors (Lipinski definition) is 2. The number of hydrogen-bond acceptors (Lipinski definition) is 4. The van der Waals surface area contributed by atoms with Crippen molar-refractivity contribution in [2.75, 3.05) is 6.54 Å². The van der Waals surface area contributed by atoms with Crippen LogP contribution in [0.15, 0.2) is 36.5 Å². The van der Waals surface area contributed by atoms with Crippen LogP contribution >= 0.6 is 0 Å². The monoisotopic (exact) mass is 328 g/mol. The van der Waals surface area contributed by atoms with Crippen molar-refractivity contribution in [2.24, 2.45) is 0 Å². The Morgan fingerprint density at radius 3 is 2.67 bits per heavy atom. The van der Waals surface area contributed by atoms with E-state index >= 15 is 0 Å². The molecule has 1 aromatic carbocycles. The summed E-state index contributed by atoms with van der Waals surface area (Å²) >= 11 is 0. The third kappa shape index (κ3) is 3.29. The molecule has 2 N–H and O–H groups in total. The zero-order chi connectivity index (χ0) is 17.3. The first-order chi connectivity index (χ1) is 11.4. The van der Waals surface area contributed by atoms with Gasteiger partial charge in [-0.25, -0.2) is 14.4 Å². The third-order valence-corrected chi connectivity index (χ3v) is 4.10. The van der Waals surface area contributed by atoms with E-state index in [1.54, 1.807) is 25.3 Å². The predicted molar refractivity (Wildman–Crippen MR) is 90.1 cm³/mol. The maximum atomic E-state index is 13.0. The van der Waals surface area contributed by atoms with Crippen LogP contribution in [0.4, 0.5) is 4.39 Å². The Kier molecular flexibility index (Phi) is 4.34. The summed E-state index contributed by atoms with van der Waals surface area (Å²) in [6, 6.07) is 7.91. The van der Waals surface area contributed by atoms with Crippen molar-refractivity contribution in [1.29, 1.82) is 0 Å². The molecule has 0 saturated heterocycles. The summed E-state index contributed by atoms with van der Waals surface area (Å²) in [5, 5.41) is 13.8. The molecular weight excluding hydrogens is 307 g/mol. The normalized spacial score (nSPS) is 14.0. The molecule has 24 heavy (non-hydrogen) atoms. The largest absolute Gasteiger partial charge is 0.384 e. The summed E-state index contributed by atoms with van der Waals surface area (Å²) in [5.74, 6) is 0.362. The van der Waals surface area contributed by atoms with Gasteiger partial charge >= 0.3 is 0 Å². The molecule has 5 nitrogen and oxygen atoms in total. The molecule has 3 rings (SSSR count). The average molecular weight is 328 g/mol. The first-order valence-corrected chi connectivity index (χ1v) is 7.86. The molecule has 0 aliphatic rings. The molecule has 0 radical (unpaired) electrons. The molecule has 0 spiro atoms. The van der Waals surface area contributed by atoms with Gasteiger partial charge in [0.15, 0.2) is 0 Å². The lowest BCUT2D eigenvalue weighted by molar-refractivity contribution is 0.0565. The topological polar surface area (TPSA) is 62.5 Å². The van der Waals surface area contributed by atoms with E-state index in [9.17, 15) is 9.50 Å². The second-order valence-corrected chi connectivity index (χ2v) is 6.31. The molecule has 0 fully saturated rings. The van der Waals surface area contributed by atoms with Crippen molar-refractivity contribution in [2.45, 2.75) is 32.9 Å². The van der Waals surface area contributed by atoms with Crippen molar-refractivity contribution >= 4 is 5.78 Å². The number of imidazole rings is 1. The zero-order valence-corrected chi connectivity index (χ0v) is 14.0. The second-order valence-electron chi connectivity index (χ2n) is 6.31. The smallest absolute Gasteiger partial charge is 0.234 e. The van der Waals surface area contributed by atoms with Gasteiger partial charge in [-0.1, -0.05) is 12.1 Å². The molecule has 126 valence electrons. The molecule has 0 aliphatic carbocycles. The number of fused-ring (bicyclic) bond motifs is 1. The Bertz CT molecular complexity index is 855. The third-order valence-electron chi connectivity index (χ3n) is 4.10. The molecular formula is C18H21FN4O. The van der Waals surface area contributed by atoms with Crippen LogP contribution in [0.1, 0.15) is 29.6 Å². The van der Waals surface area contributed by atoms with Crippen LogP contribution in [0, 0.1) is 19.7 Å². The summed E-state index contributed by atoms with van der Waals surface area (Å²) in [6.07, 6.45) is 1.79. The molecule has 2 heterocycles. The number of aliphatic hydroxyl groups is 1. The molecule has 0 aliphatic heterocycles. The summed E-state index contributed by atoms with van der Waals surface area (Å²) in [5.41, 5.74) is 2.56. The molecule has 3 aromatic rings. The maximum absolute atomic E-state index is 13.0. The Hall–Kier alpha value is -2.31. The van der Waals surface area contributed by atoms with E-state index in [4.69, 9.17) is 0 Å². The fourth-order valence-electron chi connectivity index (χ4n) is 2.87. The van der Waals surface area contributed by atoms with E-state index in [-0.39, 0.29) is 5.82 Å². The lowest BCUT2D eigenvalue weighted by Crippen LogP contribution is -2.35. The van der Waals surface area contributed by atoms with Crippen LogP contribution in [-0.2, 0) is 12.1 Å². The number of benzene rings is 1. The van der Waals surface area contributed by atoms with Crippen LogP contribution in [0.3, 0.4) is 0 Å². The lowest BCUT2D eigenvalue weighted by atomic mass is 9.96. The molecule has 1 atom stereocenters. The first-order valence-electron chi connectivity index (χ1n) is 7.86. The van der Waals surface area contributed by atoms with Crippen molar-refractivity contribution in [3.63, 3.8) is 0 Å². The molecule has 1 unspecified atom stereocenters. The van der Waals surface area contributed by atoms with E-state index in [1.807, 2.05) is 24.3 Å². The number of halogens is 1. The first kappa shape index (κ1) is 16.5. The van der Waals surface area contributed by atoms with E-state index in [0.717, 1.165) is 17.1 Å². The lowest BCUT2D eigenvalue weighted by Gasteiger charge is -2.24. The zero-order valence-electron chi connectivity index (χ0n) is 14.0. The van der Waals surface area contributed by atoms with Gasteiger partial charge in [0.1, 0.15) is 5.82 Å². The van der Waals surface area contributed by atoms with E-state index in [0.29, 0.717) is 24.4 Å². The average Bonchev–Trinajstić information content (AvgIpc) is 2.90. The van der Waals surface area contributed by atoms with Crippen LogP contribution < -0.4 is 5.32 Å². The summed E-state index contributed by atoms with van der Waals surface area (Å²) in [7, 11) is 0. The standard InChI is InChI=1S/C18H21FN4O/c1-12-8-13(2)23-16(10-21-17(23)22-12)9-20-11-18(3,24)14-4-6-15(19)7-5-14/h4-8,10,20,24H,9,11H2,1-3H3. The van der Waals surface area contributed by atoms with Gasteiger partial charge in [-0.05, 0) is 44.5 Å². The fraction of sp³-hybridized carbons (Fsp3) is 0.333. The molecule has 6 heteroatoms. The highest BCUT2D eigenvalue weighted by molar-refractivity contribution is 5.35. The Labute approximate surface area is 140 Å². The molecule has 2 aromatic heterocycles. The highest BCUT2D eigenvalue weighted by Gasteiger charge is 2.22. The van der Waals surface area contributed by atoms with Gasteiger partial charge in [0, 0.05) is 24.5 Å². The van der Waals surface area contributed by atoms with Gasteiger partial charge in [0.2, 0.25) is 5.78 Å². The SMILES string of the molecule is Cc1cc(C)n2c(CNCC(C)(O)c3ccc(F)cc3)cnc2n1. The van der Waals surface area contributed by atoms with Gasteiger partial charge in [0.25, 0.3) is 0 Å². The minimum atomic E-state index is -1.09. The van der Waals surface area contributed by atoms with Gasteiger partial charge in [-0.2, -0.15) is 0 Å². The maximum Gasteiger partial charge on any atom is 0.234 e. The Morgan fingerprint density at radius 2 is 1.96 bits per heavy atom. The van der Waals surface area contributed by atoms with Crippen LogP contribution in [0.5, 0.6) is 0 Å². The van der Waals surface area contributed by atoms with Crippen molar-refractivity contribution in [1.82, 2.24) is 19.7 Å². The van der Waals surface area contributed by atoms with E-state index < -0.39 is 5.60 Å². The number of rotatable bonds is 5. The fourth-order valence-corrected chi connectivity index (χ4v) is 2.87. The minimum absolute atomic E-state index is 0.313. The van der Waals surface area contributed by atoms with Gasteiger partial charge in [-0.15, -0.1) is 0 Å². The van der Waals surface area contributed by atoms with Crippen LogP contribution in [-0.4, -0.2) is 26.0 Å². The molecule has 0 amide bonds. The van der Waals surface area contributed by atoms with Crippen LogP contribution in [0.25, 0.3) is 5.78 Å². The summed E-state index contributed by atoms with van der Waals surface area (Å²) < 4.78 is 15.0. The van der Waals surface area contributed by atoms with Gasteiger partial charge < -0.3 is 10.4 Å². The van der Waals surface area contributed by atoms with Crippen molar-refractivity contribution in [3.8, 4) is 0 Å². The number of aryl methyl sites for hydroxylation is 2. The van der Waals surface area contributed by atoms with E-state index in [2.05, 4.69) is 15.3 Å². The summed E-state index contributed by atoms with van der Waals surface area (Å²) in [6.45, 7) is 6.55. The molecule has 0 saturated carbocycles. The number of nitrogens with one attached hydrogen (secondary N) is 1. The highest BCUT2D eigenvalue weighted by atomic mass is 19.1. The van der Waals surface area contributed by atoms with Crippen molar-refractivity contribution < 1.29 is 9.50 Å².